The van der Waals surface area contributed by atoms with Gasteiger partial charge < -0.3 is 16.0 Å². The van der Waals surface area contributed by atoms with Gasteiger partial charge in [0.25, 0.3) is 5.91 Å². The van der Waals surface area contributed by atoms with E-state index in [2.05, 4.69) is 20.2 Å². The standard InChI is InChI=1S/C11H15N5O/c12-10(17)9-11(15-3-2-14-9)16-4-1-7-5-13-6-8(7)16/h2-3,7-8,13H,1,4-6H2,(H2,12,17)/t7-,8+/m0/s1. The molecule has 3 rings (SSSR count). The first-order valence-corrected chi connectivity index (χ1v) is 5.85. The fourth-order valence-electron chi connectivity index (χ4n) is 2.83. The summed E-state index contributed by atoms with van der Waals surface area (Å²) in [6.45, 7) is 2.92. The van der Waals surface area contributed by atoms with Gasteiger partial charge in [-0.2, -0.15) is 0 Å². The Bertz CT molecular complexity index is 449. The Morgan fingerprint density at radius 1 is 1.41 bits per heavy atom. The monoisotopic (exact) mass is 233 g/mol. The second-order valence-electron chi connectivity index (χ2n) is 4.56. The Kier molecular flexibility index (Phi) is 2.44. The van der Waals surface area contributed by atoms with Crippen molar-refractivity contribution in [3.63, 3.8) is 0 Å². The molecule has 2 saturated heterocycles. The zero-order valence-electron chi connectivity index (χ0n) is 9.47. The Balaban J connectivity index is 1.96. The maximum absolute atomic E-state index is 11.3. The maximum Gasteiger partial charge on any atom is 0.271 e. The topological polar surface area (TPSA) is 84.1 Å². The first kappa shape index (κ1) is 10.5. The van der Waals surface area contributed by atoms with E-state index >= 15 is 0 Å². The smallest absolute Gasteiger partial charge is 0.271 e. The van der Waals surface area contributed by atoms with Crippen molar-refractivity contribution in [1.82, 2.24) is 15.3 Å². The number of amides is 1. The number of fused-ring (bicyclic) bond motifs is 1. The molecule has 90 valence electrons. The van der Waals surface area contributed by atoms with Crippen molar-refractivity contribution in [2.45, 2.75) is 12.5 Å². The summed E-state index contributed by atoms with van der Waals surface area (Å²) in [6.07, 6.45) is 4.24. The third-order valence-electron chi connectivity index (χ3n) is 3.63. The quantitative estimate of drug-likeness (QED) is 0.710. The van der Waals surface area contributed by atoms with Crippen molar-refractivity contribution >= 4 is 11.7 Å². The molecule has 0 radical (unpaired) electrons. The molecule has 0 unspecified atom stereocenters. The first-order valence-electron chi connectivity index (χ1n) is 5.85. The minimum Gasteiger partial charge on any atom is -0.364 e. The molecule has 2 aliphatic rings. The second-order valence-corrected chi connectivity index (χ2v) is 4.56. The third kappa shape index (κ3) is 1.64. The van der Waals surface area contributed by atoms with E-state index in [4.69, 9.17) is 5.73 Å². The van der Waals surface area contributed by atoms with E-state index in [0.29, 0.717) is 17.8 Å². The number of anilines is 1. The van der Waals surface area contributed by atoms with Gasteiger partial charge in [0.15, 0.2) is 11.5 Å². The zero-order valence-corrected chi connectivity index (χ0v) is 9.47. The van der Waals surface area contributed by atoms with Gasteiger partial charge in [0, 0.05) is 38.1 Å². The zero-order chi connectivity index (χ0) is 11.8. The number of carbonyl (C=O) groups excluding carboxylic acids is 1. The highest BCUT2D eigenvalue weighted by atomic mass is 16.1. The first-order chi connectivity index (χ1) is 8.27. The van der Waals surface area contributed by atoms with Crippen LogP contribution >= 0.6 is 0 Å². The van der Waals surface area contributed by atoms with E-state index in [0.717, 1.165) is 26.1 Å². The van der Waals surface area contributed by atoms with Crippen molar-refractivity contribution in [3.8, 4) is 0 Å². The summed E-state index contributed by atoms with van der Waals surface area (Å²) < 4.78 is 0. The lowest BCUT2D eigenvalue weighted by atomic mass is 10.1. The van der Waals surface area contributed by atoms with Gasteiger partial charge in [-0.05, 0) is 12.3 Å². The molecule has 17 heavy (non-hydrogen) atoms. The van der Waals surface area contributed by atoms with Crippen LogP contribution in [0.3, 0.4) is 0 Å². The summed E-state index contributed by atoms with van der Waals surface area (Å²) >= 11 is 0. The van der Waals surface area contributed by atoms with Gasteiger partial charge in [0.1, 0.15) is 0 Å². The molecule has 2 atom stereocenters. The molecule has 0 spiro atoms. The number of rotatable bonds is 2. The van der Waals surface area contributed by atoms with E-state index in [9.17, 15) is 4.79 Å². The molecule has 0 bridgehead atoms. The lowest BCUT2D eigenvalue weighted by molar-refractivity contribution is 0.0995. The number of hydrogen-bond donors (Lipinski definition) is 2. The molecule has 3 heterocycles. The Morgan fingerprint density at radius 3 is 3.06 bits per heavy atom. The van der Waals surface area contributed by atoms with Gasteiger partial charge in [0.2, 0.25) is 0 Å². The maximum atomic E-state index is 11.3. The Hall–Kier alpha value is -1.69. The SMILES string of the molecule is NC(=O)c1nccnc1N1CC[C@H]2CNC[C@H]21. The number of primary amides is 1. The second kappa shape index (κ2) is 3.96. The van der Waals surface area contributed by atoms with E-state index in [1.54, 1.807) is 6.20 Å². The summed E-state index contributed by atoms with van der Waals surface area (Å²) in [6, 6.07) is 0.421. The van der Waals surface area contributed by atoms with Crippen LogP contribution in [0.15, 0.2) is 12.4 Å². The molecular formula is C11H15N5O. The molecular weight excluding hydrogens is 218 g/mol. The van der Waals surface area contributed by atoms with Crippen LogP contribution in [0.1, 0.15) is 16.9 Å². The van der Waals surface area contributed by atoms with Crippen molar-refractivity contribution < 1.29 is 4.79 Å². The summed E-state index contributed by atoms with van der Waals surface area (Å²) in [5.74, 6) is 0.774. The van der Waals surface area contributed by atoms with Crippen LogP contribution < -0.4 is 16.0 Å². The molecule has 6 heteroatoms. The predicted molar refractivity (Wildman–Crippen MR) is 62.7 cm³/mol. The normalized spacial score (nSPS) is 27.2. The van der Waals surface area contributed by atoms with Crippen LogP contribution in [-0.2, 0) is 0 Å². The largest absolute Gasteiger partial charge is 0.364 e. The summed E-state index contributed by atoms with van der Waals surface area (Å²) in [5.41, 5.74) is 5.61. The fraction of sp³-hybridized carbons (Fsp3) is 0.545. The van der Waals surface area contributed by atoms with Crippen molar-refractivity contribution in [1.29, 1.82) is 0 Å². The molecule has 0 saturated carbocycles. The molecule has 0 aromatic carbocycles. The number of nitrogens with two attached hydrogens (primary N) is 1. The van der Waals surface area contributed by atoms with Crippen molar-refractivity contribution in [2.24, 2.45) is 11.7 Å². The summed E-state index contributed by atoms with van der Waals surface area (Å²) in [5, 5.41) is 3.37. The molecule has 6 nitrogen and oxygen atoms in total. The lowest BCUT2D eigenvalue weighted by Gasteiger charge is -2.25. The highest BCUT2D eigenvalue weighted by Crippen LogP contribution is 2.31. The Morgan fingerprint density at radius 2 is 2.24 bits per heavy atom. The average molecular weight is 233 g/mol. The molecule has 1 aromatic rings. The molecule has 2 aliphatic heterocycles. The molecule has 2 fully saturated rings. The minimum absolute atomic E-state index is 0.278. The molecule has 1 amide bonds. The van der Waals surface area contributed by atoms with Gasteiger partial charge in [0.05, 0.1) is 0 Å². The molecule has 3 N–H and O–H groups in total. The number of aromatic nitrogens is 2. The van der Waals surface area contributed by atoms with Crippen molar-refractivity contribution in [3.05, 3.63) is 18.1 Å². The number of nitrogens with zero attached hydrogens (tertiary/aromatic N) is 3. The van der Waals surface area contributed by atoms with E-state index in [-0.39, 0.29) is 5.69 Å². The highest BCUT2D eigenvalue weighted by Gasteiger charge is 2.39. The van der Waals surface area contributed by atoms with E-state index < -0.39 is 5.91 Å². The van der Waals surface area contributed by atoms with Gasteiger partial charge in [-0.15, -0.1) is 0 Å². The predicted octanol–water partition coefficient (Wildman–Crippen LogP) is -0.626. The van der Waals surface area contributed by atoms with Crippen LogP contribution in [0, 0.1) is 5.92 Å². The number of hydrogen-bond acceptors (Lipinski definition) is 5. The minimum atomic E-state index is -0.512. The van der Waals surface area contributed by atoms with Gasteiger partial charge in [-0.3, -0.25) is 4.79 Å². The highest BCUT2D eigenvalue weighted by molar-refractivity contribution is 5.95. The summed E-state index contributed by atoms with van der Waals surface area (Å²) in [4.78, 5) is 21.8. The van der Waals surface area contributed by atoms with Gasteiger partial charge in [-0.1, -0.05) is 0 Å². The fourth-order valence-corrected chi connectivity index (χ4v) is 2.83. The Labute approximate surface area is 99.2 Å². The van der Waals surface area contributed by atoms with Crippen LogP contribution in [0.5, 0.6) is 0 Å². The lowest BCUT2D eigenvalue weighted by Crippen LogP contribution is -2.36. The summed E-state index contributed by atoms with van der Waals surface area (Å²) in [7, 11) is 0. The van der Waals surface area contributed by atoms with E-state index in [1.165, 1.54) is 6.20 Å². The van der Waals surface area contributed by atoms with Crippen LogP contribution in [0.4, 0.5) is 5.82 Å². The molecule has 1 aromatic heterocycles. The third-order valence-corrected chi connectivity index (χ3v) is 3.63. The number of nitrogens with one attached hydrogen (secondary N) is 1. The van der Waals surface area contributed by atoms with Crippen LogP contribution in [0.2, 0.25) is 0 Å². The van der Waals surface area contributed by atoms with Gasteiger partial charge in [-0.25, -0.2) is 9.97 Å². The number of carbonyl (C=O) groups is 1. The average Bonchev–Trinajstić information content (AvgIpc) is 2.90. The molecule has 0 aliphatic carbocycles. The van der Waals surface area contributed by atoms with Gasteiger partial charge >= 0.3 is 0 Å². The van der Waals surface area contributed by atoms with E-state index in [1.807, 2.05) is 0 Å². The van der Waals surface area contributed by atoms with Crippen LogP contribution in [0.25, 0.3) is 0 Å². The van der Waals surface area contributed by atoms with Crippen molar-refractivity contribution in [2.75, 3.05) is 24.5 Å². The van der Waals surface area contributed by atoms with Crippen LogP contribution in [-0.4, -0.2) is 41.6 Å².